The Morgan fingerprint density at radius 3 is 2.71 bits per heavy atom. The number of thiazole rings is 1. The van der Waals surface area contributed by atoms with Gasteiger partial charge in [-0.3, -0.25) is 9.79 Å². The van der Waals surface area contributed by atoms with Gasteiger partial charge in [0.2, 0.25) is 5.91 Å². The first kappa shape index (κ1) is 22.7. The van der Waals surface area contributed by atoms with Crippen LogP contribution in [0.5, 0.6) is 0 Å². The van der Waals surface area contributed by atoms with Gasteiger partial charge in [0.25, 0.3) is 0 Å². The first-order chi connectivity index (χ1) is 14.9. The molecule has 0 radical (unpaired) electrons. The number of rotatable bonds is 7. The molecule has 0 aliphatic carbocycles. The molecule has 2 N–H and O–H groups in total. The number of nitrogens with zero attached hydrogens (tertiary/aromatic N) is 3. The lowest BCUT2D eigenvalue weighted by molar-refractivity contribution is -0.117. The van der Waals surface area contributed by atoms with Crippen molar-refractivity contribution in [2.75, 3.05) is 25.1 Å². The van der Waals surface area contributed by atoms with Gasteiger partial charge in [-0.25, -0.2) is 9.78 Å². The van der Waals surface area contributed by atoms with Gasteiger partial charge in [0.15, 0.2) is 5.96 Å². The molecule has 1 amide bonds. The number of esters is 1. The van der Waals surface area contributed by atoms with E-state index in [1.54, 1.807) is 14.0 Å². The van der Waals surface area contributed by atoms with Crippen LogP contribution in [-0.2, 0) is 16.1 Å². The maximum absolute atomic E-state index is 12.0. The minimum Gasteiger partial charge on any atom is -0.462 e. The molecule has 0 saturated carbocycles. The van der Waals surface area contributed by atoms with E-state index in [4.69, 9.17) is 4.74 Å². The highest BCUT2D eigenvalue weighted by atomic mass is 32.1. The molecule has 1 atom stereocenters. The average Bonchev–Trinajstić information content (AvgIpc) is 3.37. The summed E-state index contributed by atoms with van der Waals surface area (Å²) in [4.78, 5) is 35.1. The second-order valence-corrected chi connectivity index (χ2v) is 8.32. The van der Waals surface area contributed by atoms with Crippen molar-refractivity contribution >= 4 is 34.9 Å². The van der Waals surface area contributed by atoms with Crippen molar-refractivity contribution in [3.63, 3.8) is 0 Å². The van der Waals surface area contributed by atoms with E-state index >= 15 is 0 Å². The highest BCUT2D eigenvalue weighted by molar-refractivity contribution is 7.13. The molecule has 1 aromatic carbocycles. The summed E-state index contributed by atoms with van der Waals surface area (Å²) in [6.45, 7) is 7.29. The standard InChI is InChI=1S/C22H29N5O3S/c1-5-30-21(29)19-14(2)25-20(31-19)15(3)26-22(23-4)24-13-16-8-10-17(11-9-16)27-12-6-7-18(27)28/h8-11,15H,5-7,12-13H2,1-4H3,(H2,23,24,26). The number of hydrogen-bond donors (Lipinski definition) is 2. The van der Waals surface area contributed by atoms with Gasteiger partial charge in [-0.2, -0.15) is 0 Å². The average molecular weight is 444 g/mol. The number of carbonyl (C=O) groups is 2. The van der Waals surface area contributed by atoms with Crippen molar-refractivity contribution in [2.45, 2.75) is 46.2 Å². The van der Waals surface area contributed by atoms with Crippen LogP contribution in [0.2, 0.25) is 0 Å². The van der Waals surface area contributed by atoms with Crippen molar-refractivity contribution < 1.29 is 14.3 Å². The number of aryl methyl sites for hydroxylation is 1. The Kier molecular flexibility index (Phi) is 7.62. The first-order valence-corrected chi connectivity index (χ1v) is 11.3. The van der Waals surface area contributed by atoms with Gasteiger partial charge in [0.1, 0.15) is 9.88 Å². The van der Waals surface area contributed by atoms with Crippen molar-refractivity contribution in [3.8, 4) is 0 Å². The molecule has 3 rings (SSSR count). The molecule has 1 fully saturated rings. The van der Waals surface area contributed by atoms with E-state index in [9.17, 15) is 9.59 Å². The molecule has 1 aliphatic rings. The number of guanidine groups is 1. The molecule has 0 spiro atoms. The SMILES string of the molecule is CCOC(=O)c1sc(C(C)NC(=NC)NCc2ccc(N3CCCC3=O)cc2)nc1C. The number of nitrogens with one attached hydrogen (secondary N) is 2. The first-order valence-electron chi connectivity index (χ1n) is 10.4. The Morgan fingerprint density at radius 1 is 1.35 bits per heavy atom. The molecule has 0 bridgehead atoms. The molecule has 2 aromatic rings. The molecule has 1 aromatic heterocycles. The Morgan fingerprint density at radius 2 is 2.10 bits per heavy atom. The summed E-state index contributed by atoms with van der Waals surface area (Å²) in [6.07, 6.45) is 1.55. The van der Waals surface area contributed by atoms with E-state index in [0.717, 1.165) is 29.2 Å². The van der Waals surface area contributed by atoms with Crippen LogP contribution in [0.3, 0.4) is 0 Å². The van der Waals surface area contributed by atoms with Gasteiger partial charge in [0.05, 0.1) is 18.3 Å². The third kappa shape index (κ3) is 5.61. The third-order valence-corrected chi connectivity index (χ3v) is 6.32. The molecule has 8 nitrogen and oxygen atoms in total. The lowest BCUT2D eigenvalue weighted by Gasteiger charge is -2.18. The molecule has 1 aliphatic heterocycles. The maximum Gasteiger partial charge on any atom is 0.350 e. The second kappa shape index (κ2) is 10.4. The zero-order valence-corrected chi connectivity index (χ0v) is 19.2. The monoisotopic (exact) mass is 443 g/mol. The smallest absolute Gasteiger partial charge is 0.350 e. The van der Waals surface area contributed by atoms with Crippen LogP contribution >= 0.6 is 11.3 Å². The summed E-state index contributed by atoms with van der Waals surface area (Å²) in [5, 5.41) is 7.40. The normalized spacial score (nSPS) is 15.2. The highest BCUT2D eigenvalue weighted by Crippen LogP contribution is 2.24. The predicted molar refractivity (Wildman–Crippen MR) is 123 cm³/mol. The van der Waals surface area contributed by atoms with E-state index < -0.39 is 0 Å². The maximum atomic E-state index is 12.0. The lowest BCUT2D eigenvalue weighted by Crippen LogP contribution is -2.38. The Balaban J connectivity index is 1.56. The largest absolute Gasteiger partial charge is 0.462 e. The fourth-order valence-electron chi connectivity index (χ4n) is 3.35. The minimum absolute atomic E-state index is 0.123. The zero-order chi connectivity index (χ0) is 22.4. The van der Waals surface area contributed by atoms with Gasteiger partial charge in [-0.15, -0.1) is 11.3 Å². The fourth-order valence-corrected chi connectivity index (χ4v) is 4.31. The Labute approximate surface area is 186 Å². The van der Waals surface area contributed by atoms with Crippen LogP contribution < -0.4 is 15.5 Å². The van der Waals surface area contributed by atoms with Crippen LogP contribution in [-0.4, -0.2) is 43.0 Å². The molecular weight excluding hydrogens is 414 g/mol. The van der Waals surface area contributed by atoms with Crippen LogP contribution in [0.15, 0.2) is 29.3 Å². The summed E-state index contributed by atoms with van der Waals surface area (Å²) in [7, 11) is 1.71. The third-order valence-electron chi connectivity index (χ3n) is 5.00. The topological polar surface area (TPSA) is 95.9 Å². The van der Waals surface area contributed by atoms with Crippen LogP contribution in [0.25, 0.3) is 0 Å². The van der Waals surface area contributed by atoms with E-state index in [-0.39, 0.29) is 17.9 Å². The summed E-state index contributed by atoms with van der Waals surface area (Å²) >= 11 is 1.33. The zero-order valence-electron chi connectivity index (χ0n) is 18.4. The second-order valence-electron chi connectivity index (χ2n) is 7.29. The highest BCUT2D eigenvalue weighted by Gasteiger charge is 2.22. The number of aliphatic imine (C=N–C) groups is 1. The predicted octanol–water partition coefficient (Wildman–Crippen LogP) is 3.18. The quantitative estimate of drug-likeness (QED) is 0.388. The molecule has 1 unspecified atom stereocenters. The molecule has 166 valence electrons. The minimum atomic E-state index is -0.336. The Hall–Kier alpha value is -2.94. The van der Waals surface area contributed by atoms with Crippen LogP contribution in [0, 0.1) is 6.92 Å². The number of aromatic nitrogens is 1. The molecule has 9 heteroatoms. The number of amides is 1. The number of benzene rings is 1. The van der Waals surface area contributed by atoms with Crippen molar-refractivity contribution in [3.05, 3.63) is 45.4 Å². The van der Waals surface area contributed by atoms with Gasteiger partial charge in [-0.05, 0) is 44.9 Å². The summed E-state index contributed by atoms with van der Waals surface area (Å²) < 4.78 is 5.09. The molecular formula is C22H29N5O3S. The lowest BCUT2D eigenvalue weighted by atomic mass is 10.2. The van der Waals surface area contributed by atoms with Gasteiger partial charge in [-0.1, -0.05) is 12.1 Å². The molecule has 2 heterocycles. The Bertz CT molecular complexity index is 955. The van der Waals surface area contributed by atoms with E-state index in [1.165, 1.54) is 11.3 Å². The number of hydrogen-bond acceptors (Lipinski definition) is 6. The fraction of sp³-hybridized carbons (Fsp3) is 0.455. The summed E-state index contributed by atoms with van der Waals surface area (Å²) in [5.41, 5.74) is 2.70. The van der Waals surface area contributed by atoms with Gasteiger partial charge >= 0.3 is 5.97 Å². The van der Waals surface area contributed by atoms with E-state index in [2.05, 4.69) is 20.6 Å². The van der Waals surface area contributed by atoms with Gasteiger partial charge in [0, 0.05) is 32.2 Å². The van der Waals surface area contributed by atoms with Crippen LogP contribution in [0.4, 0.5) is 5.69 Å². The summed E-state index contributed by atoms with van der Waals surface area (Å²) in [6, 6.07) is 7.87. The van der Waals surface area contributed by atoms with E-state index in [0.29, 0.717) is 36.1 Å². The van der Waals surface area contributed by atoms with Crippen molar-refractivity contribution in [2.24, 2.45) is 4.99 Å². The molecule has 1 saturated heterocycles. The van der Waals surface area contributed by atoms with Crippen LogP contribution in [0.1, 0.15) is 58.7 Å². The number of ether oxygens (including phenoxy) is 1. The van der Waals surface area contributed by atoms with Gasteiger partial charge < -0.3 is 20.3 Å². The van der Waals surface area contributed by atoms with Crippen molar-refractivity contribution in [1.82, 2.24) is 15.6 Å². The molecule has 31 heavy (non-hydrogen) atoms. The van der Waals surface area contributed by atoms with E-state index in [1.807, 2.05) is 43.0 Å². The number of carbonyl (C=O) groups excluding carboxylic acids is 2. The summed E-state index contributed by atoms with van der Waals surface area (Å²) in [5.74, 6) is 0.488. The van der Waals surface area contributed by atoms with Crippen molar-refractivity contribution in [1.29, 1.82) is 0 Å². The number of anilines is 1.